The van der Waals surface area contributed by atoms with Crippen LogP contribution in [0.15, 0.2) is 29.4 Å². The zero-order valence-corrected chi connectivity index (χ0v) is 19.0. The van der Waals surface area contributed by atoms with Crippen molar-refractivity contribution in [2.45, 2.75) is 40.3 Å². The number of nitrogens with zero attached hydrogens (tertiary/aromatic N) is 2. The molecule has 0 spiro atoms. The molecule has 7 heteroatoms. The van der Waals surface area contributed by atoms with Gasteiger partial charge in [-0.05, 0) is 44.9 Å². The van der Waals surface area contributed by atoms with Gasteiger partial charge in [0.2, 0.25) is 0 Å². The molecule has 0 aliphatic heterocycles. The van der Waals surface area contributed by atoms with Crippen molar-refractivity contribution >= 4 is 29.9 Å². The molecular formula is C20H28FIN4O. The maximum atomic E-state index is 13.8. The van der Waals surface area contributed by atoms with E-state index in [-0.39, 0.29) is 35.8 Å². The van der Waals surface area contributed by atoms with Gasteiger partial charge in [-0.3, -0.25) is 9.98 Å². The van der Waals surface area contributed by atoms with Crippen LogP contribution in [0.3, 0.4) is 0 Å². The van der Waals surface area contributed by atoms with E-state index >= 15 is 0 Å². The first-order valence-corrected chi connectivity index (χ1v) is 8.59. The van der Waals surface area contributed by atoms with Crippen molar-refractivity contribution in [3.05, 3.63) is 58.2 Å². The number of rotatable bonds is 5. The highest BCUT2D eigenvalue weighted by Crippen LogP contribution is 2.23. The Hall–Kier alpha value is -1.90. The third-order valence-electron chi connectivity index (χ3n) is 4.45. The van der Waals surface area contributed by atoms with Crippen molar-refractivity contribution in [3.63, 3.8) is 0 Å². The fourth-order valence-electron chi connectivity index (χ4n) is 2.78. The lowest BCUT2D eigenvalue weighted by Gasteiger charge is -2.19. The molecular weight excluding hydrogens is 458 g/mol. The number of aliphatic imine (C=N–C) groups is 1. The van der Waals surface area contributed by atoms with Crippen LogP contribution in [-0.2, 0) is 6.54 Å². The van der Waals surface area contributed by atoms with E-state index in [4.69, 9.17) is 4.74 Å². The van der Waals surface area contributed by atoms with Crippen molar-refractivity contribution in [3.8, 4) is 5.75 Å². The van der Waals surface area contributed by atoms with Gasteiger partial charge in [0.1, 0.15) is 11.6 Å². The number of guanidine groups is 1. The van der Waals surface area contributed by atoms with Gasteiger partial charge in [-0.2, -0.15) is 0 Å². The Morgan fingerprint density at radius 2 is 1.96 bits per heavy atom. The predicted octanol–water partition coefficient (Wildman–Crippen LogP) is 4.20. The Morgan fingerprint density at radius 3 is 2.56 bits per heavy atom. The molecule has 2 N–H and O–H groups in total. The standard InChI is InChI=1S/C20H27FN4O.HI/c1-12-7-8-16(9-17(12)21)15(4)25-20(22-5)24-11-18-14(3)19(26-6)13(2)10-23-18;/h7-10,15H,11H2,1-6H3,(H2,22,24,25);1H. The summed E-state index contributed by atoms with van der Waals surface area (Å²) in [6.45, 7) is 8.19. The molecule has 1 aromatic carbocycles. The molecule has 0 fully saturated rings. The van der Waals surface area contributed by atoms with Crippen molar-refractivity contribution in [1.29, 1.82) is 0 Å². The van der Waals surface area contributed by atoms with E-state index in [0.29, 0.717) is 18.1 Å². The van der Waals surface area contributed by atoms with Crippen molar-refractivity contribution < 1.29 is 9.13 Å². The van der Waals surface area contributed by atoms with Gasteiger partial charge in [-0.25, -0.2) is 4.39 Å². The van der Waals surface area contributed by atoms with Crippen LogP contribution in [0.2, 0.25) is 0 Å². The first-order chi connectivity index (χ1) is 12.4. The summed E-state index contributed by atoms with van der Waals surface area (Å²) < 4.78 is 19.2. The van der Waals surface area contributed by atoms with Gasteiger partial charge in [0.05, 0.1) is 25.4 Å². The molecule has 0 radical (unpaired) electrons. The molecule has 0 saturated carbocycles. The number of hydrogen-bond donors (Lipinski definition) is 2. The minimum Gasteiger partial charge on any atom is -0.496 e. The Kier molecular flexibility index (Phi) is 8.95. The van der Waals surface area contributed by atoms with Crippen LogP contribution >= 0.6 is 24.0 Å². The van der Waals surface area contributed by atoms with Gasteiger partial charge >= 0.3 is 0 Å². The molecule has 1 unspecified atom stereocenters. The van der Waals surface area contributed by atoms with Crippen LogP contribution in [-0.4, -0.2) is 25.1 Å². The predicted molar refractivity (Wildman–Crippen MR) is 119 cm³/mol. The molecule has 0 aliphatic carbocycles. The molecule has 5 nitrogen and oxygen atoms in total. The van der Waals surface area contributed by atoms with Crippen LogP contribution in [0.4, 0.5) is 4.39 Å². The number of benzene rings is 1. The molecule has 0 bridgehead atoms. The van der Waals surface area contributed by atoms with E-state index in [1.165, 1.54) is 0 Å². The number of aryl methyl sites for hydroxylation is 2. The van der Waals surface area contributed by atoms with Gasteiger partial charge in [0.15, 0.2) is 5.96 Å². The second kappa shape index (κ2) is 10.4. The van der Waals surface area contributed by atoms with Crippen LogP contribution in [0.5, 0.6) is 5.75 Å². The van der Waals surface area contributed by atoms with Crippen LogP contribution in [0.25, 0.3) is 0 Å². The monoisotopic (exact) mass is 486 g/mol. The van der Waals surface area contributed by atoms with Gasteiger partial charge in [-0.15, -0.1) is 24.0 Å². The molecule has 2 aromatic rings. The maximum Gasteiger partial charge on any atom is 0.191 e. The largest absolute Gasteiger partial charge is 0.496 e. The van der Waals surface area contributed by atoms with E-state index in [0.717, 1.165) is 28.1 Å². The molecule has 1 aromatic heterocycles. The maximum absolute atomic E-state index is 13.8. The summed E-state index contributed by atoms with van der Waals surface area (Å²) in [5, 5.41) is 6.52. The second-order valence-electron chi connectivity index (χ2n) is 6.35. The highest BCUT2D eigenvalue weighted by molar-refractivity contribution is 14.0. The Balaban J connectivity index is 0.00000364. The van der Waals surface area contributed by atoms with Gasteiger partial charge in [0.25, 0.3) is 0 Å². The number of aromatic nitrogens is 1. The van der Waals surface area contributed by atoms with E-state index in [2.05, 4.69) is 20.6 Å². The first-order valence-electron chi connectivity index (χ1n) is 8.59. The summed E-state index contributed by atoms with van der Waals surface area (Å²) in [6, 6.07) is 5.17. The van der Waals surface area contributed by atoms with Gasteiger partial charge < -0.3 is 15.4 Å². The fraction of sp³-hybridized carbons (Fsp3) is 0.400. The minimum absolute atomic E-state index is 0. The van der Waals surface area contributed by atoms with Crippen LogP contribution in [0, 0.1) is 26.6 Å². The number of halogens is 2. The van der Waals surface area contributed by atoms with Crippen LogP contribution < -0.4 is 15.4 Å². The fourth-order valence-corrected chi connectivity index (χ4v) is 2.78. The summed E-state index contributed by atoms with van der Waals surface area (Å²) in [5.74, 6) is 1.27. The third kappa shape index (κ3) is 5.79. The molecule has 27 heavy (non-hydrogen) atoms. The third-order valence-corrected chi connectivity index (χ3v) is 4.45. The zero-order valence-electron chi connectivity index (χ0n) is 16.7. The highest BCUT2D eigenvalue weighted by Gasteiger charge is 2.12. The summed E-state index contributed by atoms with van der Waals surface area (Å²) in [4.78, 5) is 8.72. The van der Waals surface area contributed by atoms with E-state index in [9.17, 15) is 4.39 Å². The SMILES string of the molecule is CN=C(NCc1ncc(C)c(OC)c1C)NC(C)c1ccc(C)c(F)c1.I. The Bertz CT molecular complexity index is 811. The minimum atomic E-state index is -0.203. The highest BCUT2D eigenvalue weighted by atomic mass is 127. The summed E-state index contributed by atoms with van der Waals surface area (Å²) in [6.07, 6.45) is 1.80. The summed E-state index contributed by atoms with van der Waals surface area (Å²) in [7, 11) is 3.36. The van der Waals surface area contributed by atoms with Gasteiger partial charge in [0, 0.05) is 24.4 Å². The molecule has 1 heterocycles. The average Bonchev–Trinajstić information content (AvgIpc) is 2.62. The topological polar surface area (TPSA) is 58.5 Å². The lowest BCUT2D eigenvalue weighted by atomic mass is 10.1. The lowest BCUT2D eigenvalue weighted by molar-refractivity contribution is 0.406. The number of nitrogens with one attached hydrogen (secondary N) is 2. The van der Waals surface area contributed by atoms with Gasteiger partial charge in [-0.1, -0.05) is 12.1 Å². The van der Waals surface area contributed by atoms with E-state index in [1.807, 2.05) is 26.8 Å². The van der Waals surface area contributed by atoms with Crippen molar-refractivity contribution in [2.75, 3.05) is 14.2 Å². The molecule has 2 rings (SSSR count). The first kappa shape index (κ1) is 23.1. The number of ether oxygens (including phenoxy) is 1. The van der Waals surface area contributed by atoms with Crippen LogP contribution in [0.1, 0.15) is 40.9 Å². The van der Waals surface area contributed by atoms with Crippen molar-refractivity contribution in [1.82, 2.24) is 15.6 Å². The average molecular weight is 486 g/mol. The molecule has 0 amide bonds. The molecule has 148 valence electrons. The molecule has 1 atom stereocenters. The van der Waals surface area contributed by atoms with E-state index < -0.39 is 0 Å². The second-order valence-corrected chi connectivity index (χ2v) is 6.35. The summed E-state index contributed by atoms with van der Waals surface area (Å²) in [5.41, 5.74) is 4.40. The number of methoxy groups -OCH3 is 1. The quantitative estimate of drug-likeness (QED) is 0.378. The number of hydrogen-bond acceptors (Lipinski definition) is 3. The lowest BCUT2D eigenvalue weighted by Crippen LogP contribution is -2.38. The normalized spacial score (nSPS) is 12.2. The smallest absolute Gasteiger partial charge is 0.191 e. The summed E-state index contributed by atoms with van der Waals surface area (Å²) >= 11 is 0. The van der Waals surface area contributed by atoms with E-state index in [1.54, 1.807) is 39.4 Å². The zero-order chi connectivity index (χ0) is 19.3. The number of pyridine rings is 1. The van der Waals surface area contributed by atoms with Crippen molar-refractivity contribution in [2.24, 2.45) is 4.99 Å². The Morgan fingerprint density at radius 1 is 1.26 bits per heavy atom. The molecule has 0 aliphatic rings. The Labute approximate surface area is 177 Å². The molecule has 0 saturated heterocycles.